The maximum atomic E-state index is 13.8. The van der Waals surface area contributed by atoms with Gasteiger partial charge in [0.15, 0.2) is 9.84 Å². The summed E-state index contributed by atoms with van der Waals surface area (Å²) in [4.78, 5) is 21.8. The number of carbonyl (C=O) groups excluding carboxylic acids is 1. The van der Waals surface area contributed by atoms with Crippen LogP contribution in [0.4, 0.5) is 10.1 Å². The van der Waals surface area contributed by atoms with Crippen LogP contribution in [-0.2, 0) is 9.84 Å². The number of carbonyl (C=O) groups is 1. The quantitative estimate of drug-likeness (QED) is 0.626. The van der Waals surface area contributed by atoms with E-state index in [9.17, 15) is 27.7 Å². The summed E-state index contributed by atoms with van der Waals surface area (Å²) in [7, 11) is -3.25. The van der Waals surface area contributed by atoms with Gasteiger partial charge in [0.25, 0.3) is 11.6 Å². The summed E-state index contributed by atoms with van der Waals surface area (Å²) >= 11 is 0. The second-order valence-corrected chi connectivity index (χ2v) is 6.85. The van der Waals surface area contributed by atoms with E-state index >= 15 is 0 Å². The molecule has 1 rings (SSSR count). The van der Waals surface area contributed by atoms with Crippen molar-refractivity contribution in [1.82, 2.24) is 5.32 Å². The first-order valence-electron chi connectivity index (χ1n) is 6.11. The molecule has 0 aromatic heterocycles. The summed E-state index contributed by atoms with van der Waals surface area (Å²) in [6.45, 7) is 2.59. The van der Waals surface area contributed by atoms with E-state index in [-0.39, 0.29) is 23.6 Å². The fourth-order valence-corrected chi connectivity index (χ4v) is 2.28. The Hall–Kier alpha value is -2.03. The van der Waals surface area contributed by atoms with Crippen LogP contribution in [0, 0.1) is 22.9 Å². The zero-order chi connectivity index (χ0) is 16.2. The molecule has 0 heterocycles. The van der Waals surface area contributed by atoms with Crippen LogP contribution < -0.4 is 5.32 Å². The number of nitrogens with zero attached hydrogens (tertiary/aromatic N) is 1. The number of non-ortho nitro benzene ring substituents is 1. The van der Waals surface area contributed by atoms with Crippen LogP contribution in [0.25, 0.3) is 0 Å². The van der Waals surface area contributed by atoms with E-state index in [2.05, 4.69) is 5.32 Å². The summed E-state index contributed by atoms with van der Waals surface area (Å²) in [5.41, 5.74) is -0.911. The number of nitro groups is 1. The lowest BCUT2D eigenvalue weighted by molar-refractivity contribution is -0.385. The SMILES string of the molecule is CCS(=O)(=O)CCNC(=O)c1cc([N+](=O)[O-])cc(C)c1F. The van der Waals surface area contributed by atoms with Gasteiger partial charge < -0.3 is 5.32 Å². The number of sulfone groups is 1. The summed E-state index contributed by atoms with van der Waals surface area (Å²) in [6.07, 6.45) is 0. The van der Waals surface area contributed by atoms with Gasteiger partial charge in [-0.2, -0.15) is 0 Å². The lowest BCUT2D eigenvalue weighted by Gasteiger charge is -2.07. The van der Waals surface area contributed by atoms with Gasteiger partial charge in [-0.05, 0) is 12.5 Å². The average molecular weight is 318 g/mol. The Morgan fingerprint density at radius 2 is 2.05 bits per heavy atom. The van der Waals surface area contributed by atoms with Crippen LogP contribution in [0.15, 0.2) is 12.1 Å². The highest BCUT2D eigenvalue weighted by Gasteiger charge is 2.20. The second-order valence-electron chi connectivity index (χ2n) is 4.37. The number of rotatable bonds is 6. The van der Waals surface area contributed by atoms with Crippen molar-refractivity contribution in [2.45, 2.75) is 13.8 Å². The fraction of sp³-hybridized carbons (Fsp3) is 0.417. The van der Waals surface area contributed by atoms with E-state index in [4.69, 9.17) is 0 Å². The number of aryl methyl sites for hydroxylation is 1. The van der Waals surface area contributed by atoms with Gasteiger partial charge in [-0.15, -0.1) is 0 Å². The smallest absolute Gasteiger partial charge is 0.270 e. The predicted molar refractivity (Wildman–Crippen MR) is 74.5 cm³/mol. The van der Waals surface area contributed by atoms with Crippen molar-refractivity contribution in [2.24, 2.45) is 0 Å². The zero-order valence-corrected chi connectivity index (χ0v) is 12.4. The van der Waals surface area contributed by atoms with Gasteiger partial charge in [-0.3, -0.25) is 14.9 Å². The molecule has 0 spiro atoms. The van der Waals surface area contributed by atoms with Crippen molar-refractivity contribution in [3.8, 4) is 0 Å². The third-order valence-corrected chi connectivity index (χ3v) is 4.54. The molecule has 0 aliphatic carbocycles. The monoisotopic (exact) mass is 318 g/mol. The third-order valence-electron chi connectivity index (χ3n) is 2.83. The first kappa shape index (κ1) is 17.0. The maximum Gasteiger partial charge on any atom is 0.270 e. The second kappa shape index (κ2) is 6.61. The molecule has 0 aliphatic heterocycles. The van der Waals surface area contributed by atoms with Gasteiger partial charge >= 0.3 is 0 Å². The molecule has 1 amide bonds. The van der Waals surface area contributed by atoms with Gasteiger partial charge in [-0.1, -0.05) is 6.92 Å². The molecule has 7 nitrogen and oxygen atoms in total. The summed E-state index contributed by atoms with van der Waals surface area (Å²) in [5.74, 6) is -2.08. The fourth-order valence-electron chi connectivity index (χ4n) is 1.58. The van der Waals surface area contributed by atoms with Crippen LogP contribution in [0.5, 0.6) is 0 Å². The number of hydrogen-bond donors (Lipinski definition) is 1. The Morgan fingerprint density at radius 1 is 1.43 bits per heavy atom. The predicted octanol–water partition coefficient (Wildman–Crippen LogP) is 1.21. The van der Waals surface area contributed by atoms with E-state index in [1.54, 1.807) is 0 Å². The number of hydrogen-bond acceptors (Lipinski definition) is 5. The first-order chi connectivity index (χ1) is 9.68. The van der Waals surface area contributed by atoms with Crippen LogP contribution in [-0.4, -0.2) is 37.3 Å². The highest BCUT2D eigenvalue weighted by molar-refractivity contribution is 7.91. The molecule has 0 radical (unpaired) electrons. The molecule has 0 aliphatic rings. The minimum absolute atomic E-state index is 0.0319. The first-order valence-corrected chi connectivity index (χ1v) is 7.93. The topological polar surface area (TPSA) is 106 Å². The largest absolute Gasteiger partial charge is 0.351 e. The minimum atomic E-state index is -3.25. The van der Waals surface area contributed by atoms with Crippen LogP contribution in [0.2, 0.25) is 0 Å². The molecule has 0 bridgehead atoms. The van der Waals surface area contributed by atoms with Gasteiger partial charge in [0.2, 0.25) is 0 Å². The van der Waals surface area contributed by atoms with E-state index in [0.717, 1.165) is 12.1 Å². The molecule has 9 heteroatoms. The molecule has 1 N–H and O–H groups in total. The Kier molecular flexibility index (Phi) is 5.36. The van der Waals surface area contributed by atoms with Crippen molar-refractivity contribution < 1.29 is 22.5 Å². The minimum Gasteiger partial charge on any atom is -0.351 e. The third kappa shape index (κ3) is 4.48. The standard InChI is InChI=1S/C12H15FN2O5S/c1-3-21(19,20)5-4-14-12(16)10-7-9(15(17)18)6-8(2)11(10)13/h6-7H,3-5H2,1-2H3,(H,14,16). The lowest BCUT2D eigenvalue weighted by atomic mass is 10.1. The highest BCUT2D eigenvalue weighted by atomic mass is 32.2. The van der Waals surface area contributed by atoms with Gasteiger partial charge in [0, 0.05) is 24.4 Å². The average Bonchev–Trinajstić information content (AvgIpc) is 2.41. The number of nitro benzene ring substituents is 1. The number of benzene rings is 1. The highest BCUT2D eigenvalue weighted by Crippen LogP contribution is 2.20. The summed E-state index contributed by atoms with van der Waals surface area (Å²) in [6, 6.07) is 1.85. The van der Waals surface area contributed by atoms with Crippen molar-refractivity contribution in [2.75, 3.05) is 18.1 Å². The number of nitrogens with one attached hydrogen (secondary N) is 1. The molecule has 0 atom stereocenters. The molecule has 21 heavy (non-hydrogen) atoms. The molecule has 0 fully saturated rings. The Balaban J connectivity index is 2.90. The molecule has 1 aromatic carbocycles. The van der Waals surface area contributed by atoms with Crippen molar-refractivity contribution in [3.05, 3.63) is 39.2 Å². The summed E-state index contributed by atoms with van der Waals surface area (Å²) < 4.78 is 36.4. The molecular formula is C12H15FN2O5S. The normalized spacial score (nSPS) is 11.2. The van der Waals surface area contributed by atoms with Crippen molar-refractivity contribution in [3.63, 3.8) is 0 Å². The van der Waals surface area contributed by atoms with E-state index in [1.807, 2.05) is 0 Å². The maximum absolute atomic E-state index is 13.8. The van der Waals surface area contributed by atoms with E-state index < -0.39 is 37.7 Å². The summed E-state index contributed by atoms with van der Waals surface area (Å²) in [5, 5.41) is 12.9. The van der Waals surface area contributed by atoms with Crippen molar-refractivity contribution >= 4 is 21.4 Å². The van der Waals surface area contributed by atoms with Crippen LogP contribution in [0.1, 0.15) is 22.8 Å². The molecule has 1 aromatic rings. The van der Waals surface area contributed by atoms with E-state index in [1.165, 1.54) is 13.8 Å². The number of halogens is 1. The lowest BCUT2D eigenvalue weighted by Crippen LogP contribution is -2.30. The molecule has 0 saturated heterocycles. The Bertz CT molecular complexity index is 672. The van der Waals surface area contributed by atoms with Crippen LogP contribution >= 0.6 is 0 Å². The molecule has 0 unspecified atom stereocenters. The van der Waals surface area contributed by atoms with Crippen LogP contribution in [0.3, 0.4) is 0 Å². The molecule has 116 valence electrons. The Labute approximate surface area is 121 Å². The number of amides is 1. The van der Waals surface area contributed by atoms with Crippen molar-refractivity contribution in [1.29, 1.82) is 0 Å². The molecule has 0 saturated carbocycles. The van der Waals surface area contributed by atoms with Gasteiger partial charge in [0.1, 0.15) is 5.82 Å². The Morgan fingerprint density at radius 3 is 2.57 bits per heavy atom. The van der Waals surface area contributed by atoms with Gasteiger partial charge in [-0.25, -0.2) is 12.8 Å². The molecular weight excluding hydrogens is 303 g/mol. The zero-order valence-electron chi connectivity index (χ0n) is 11.6. The van der Waals surface area contributed by atoms with Gasteiger partial charge in [0.05, 0.1) is 16.2 Å². The van der Waals surface area contributed by atoms with E-state index in [0.29, 0.717) is 0 Å².